The van der Waals surface area contributed by atoms with Gasteiger partial charge in [-0.15, -0.1) is 0 Å². The van der Waals surface area contributed by atoms with Crippen LogP contribution in [0.2, 0.25) is 0 Å². The van der Waals surface area contributed by atoms with Crippen LogP contribution in [0.4, 0.5) is 0 Å². The van der Waals surface area contributed by atoms with Crippen LogP contribution in [-0.4, -0.2) is 9.13 Å². The Morgan fingerprint density at radius 2 is 0.960 bits per heavy atom. The molecule has 0 radical (unpaired) electrons. The monoisotopic (exact) mass is 442 g/mol. The summed E-state index contributed by atoms with van der Waals surface area (Å²) in [5.74, 6) is 0. The van der Waals surface area contributed by atoms with Crippen LogP contribution in [0.15, 0.2) is 36.7 Å². The summed E-state index contributed by atoms with van der Waals surface area (Å²) in [5, 5.41) is 0. The average Bonchev–Trinajstić information content (AvgIpc) is 2.88. The van der Waals surface area contributed by atoms with Gasteiger partial charge in [-0.2, -0.15) is 0 Å². The Bertz CT molecular complexity index is 901. The van der Waals surface area contributed by atoms with Crippen LogP contribution in [0.1, 0.15) is 33.4 Å². The summed E-state index contributed by atoms with van der Waals surface area (Å²) in [6.45, 7) is 13.0. The topological polar surface area (TPSA) is 9.86 Å². The van der Waals surface area contributed by atoms with Crippen LogP contribution in [0.3, 0.4) is 0 Å². The van der Waals surface area contributed by atoms with Crippen molar-refractivity contribution < 1.29 is 15.7 Å². The van der Waals surface area contributed by atoms with Crippen LogP contribution < -0.4 is 0 Å². The maximum absolute atomic E-state index is 6.48. The van der Waals surface area contributed by atoms with Crippen molar-refractivity contribution in [1.29, 1.82) is 0 Å². The van der Waals surface area contributed by atoms with E-state index >= 15 is 0 Å². The molecule has 0 aliphatic carbocycles. The van der Waals surface area contributed by atoms with Gasteiger partial charge in [-0.05, 0) is 0 Å². The molecule has 0 saturated carbocycles. The van der Waals surface area contributed by atoms with Crippen LogP contribution in [0, 0.1) is 45.6 Å². The van der Waals surface area contributed by atoms with Crippen LogP contribution >= 0.6 is 9.69 Å². The number of imidazole rings is 1. The first-order chi connectivity index (χ1) is 11.8. The molecule has 4 heteroatoms. The summed E-state index contributed by atoms with van der Waals surface area (Å²) < 4.78 is 5.67. The fourth-order valence-corrected chi connectivity index (χ4v) is 5.48. The van der Waals surface area contributed by atoms with Gasteiger partial charge in [0.15, 0.2) is 0 Å². The van der Waals surface area contributed by atoms with Crippen molar-refractivity contribution in [3.05, 3.63) is 74.1 Å². The predicted octanol–water partition coefficient (Wildman–Crippen LogP) is 5.89. The first-order valence-electron chi connectivity index (χ1n) is 8.35. The third kappa shape index (κ3) is 3.33. The first-order valence-corrected chi connectivity index (χ1v) is 11.3. The standard InChI is InChI=1S/C21H24N2.ClH.Rh/c1-14-9-16(3)20(17(4)10-14)22-7-8-23(13-22)21-18(5)11-15(2)12-19(21)6;;/h7-12H,1-6H3;1H;/q;;+1/p-1. The number of benzene rings is 2. The zero-order chi connectivity index (χ0) is 18.3. The Hall–Kier alpha value is -1.44. The van der Waals surface area contributed by atoms with Gasteiger partial charge in [-0.25, -0.2) is 0 Å². The number of hydrogen-bond donors (Lipinski definition) is 0. The second kappa shape index (κ2) is 7.05. The average molecular weight is 443 g/mol. The summed E-state index contributed by atoms with van der Waals surface area (Å²) in [4.78, 5) is 0. The molecule has 0 bridgehead atoms. The summed E-state index contributed by atoms with van der Waals surface area (Å²) in [5.41, 5.74) is 10.2. The molecular weight excluding hydrogens is 419 g/mol. The van der Waals surface area contributed by atoms with Gasteiger partial charge >= 0.3 is 161 Å². The predicted molar refractivity (Wildman–Crippen MR) is 103 cm³/mol. The van der Waals surface area contributed by atoms with Gasteiger partial charge in [0.05, 0.1) is 0 Å². The molecule has 134 valence electrons. The van der Waals surface area contributed by atoms with Gasteiger partial charge in [0.1, 0.15) is 0 Å². The van der Waals surface area contributed by atoms with E-state index in [0.29, 0.717) is 0 Å². The molecule has 0 spiro atoms. The second-order valence-electron chi connectivity index (χ2n) is 6.84. The van der Waals surface area contributed by atoms with E-state index in [1.165, 1.54) is 44.8 Å². The van der Waals surface area contributed by atoms with Crippen LogP contribution in [0.25, 0.3) is 11.4 Å². The van der Waals surface area contributed by atoms with Gasteiger partial charge < -0.3 is 0 Å². The molecule has 0 aliphatic rings. The molecule has 1 aromatic heterocycles. The molecule has 2 nitrogen and oxygen atoms in total. The number of hydrogen-bond acceptors (Lipinski definition) is 0. The van der Waals surface area contributed by atoms with E-state index in [0.717, 1.165) is 4.01 Å². The van der Waals surface area contributed by atoms with E-state index in [1.807, 2.05) is 0 Å². The summed E-state index contributed by atoms with van der Waals surface area (Å²) in [6, 6.07) is 8.95. The molecule has 1 heterocycles. The van der Waals surface area contributed by atoms with Crippen molar-refractivity contribution >= 4 is 9.69 Å². The summed E-state index contributed by atoms with van der Waals surface area (Å²) in [7, 11) is 6.48. The zero-order valence-corrected chi connectivity index (χ0v) is 18.0. The molecular formula is C21H24ClN2Rh. The molecule has 25 heavy (non-hydrogen) atoms. The number of aromatic nitrogens is 2. The van der Waals surface area contributed by atoms with E-state index in [4.69, 9.17) is 9.69 Å². The Balaban J connectivity index is 2.31. The van der Waals surface area contributed by atoms with E-state index < -0.39 is 0 Å². The van der Waals surface area contributed by atoms with Gasteiger partial charge in [0.2, 0.25) is 0 Å². The quantitative estimate of drug-likeness (QED) is 0.438. The molecule has 3 rings (SSSR count). The van der Waals surface area contributed by atoms with Crippen molar-refractivity contribution in [1.82, 2.24) is 9.13 Å². The second-order valence-corrected chi connectivity index (χ2v) is 8.63. The molecule has 0 atom stereocenters. The van der Waals surface area contributed by atoms with E-state index in [-0.39, 0.29) is 15.7 Å². The summed E-state index contributed by atoms with van der Waals surface area (Å²) in [6.07, 6.45) is 4.29. The van der Waals surface area contributed by atoms with E-state index in [2.05, 4.69) is 87.3 Å². The molecule has 3 aromatic rings. The number of aryl methyl sites for hydroxylation is 6. The third-order valence-electron chi connectivity index (χ3n) is 4.55. The number of halogens is 1. The molecule has 2 aromatic carbocycles. The Morgan fingerprint density at radius 3 is 1.24 bits per heavy atom. The first kappa shape index (κ1) is 18.4. The Morgan fingerprint density at radius 1 is 0.640 bits per heavy atom. The third-order valence-corrected chi connectivity index (χ3v) is 6.28. The van der Waals surface area contributed by atoms with Gasteiger partial charge in [0, 0.05) is 0 Å². The minimum absolute atomic E-state index is 0.229. The SMILES string of the molecule is Cc1cc(C)c(-n2ccn(-c3c(C)cc(C)cc3C)[c]2=[Rh][Cl])c(C)c1. The van der Waals surface area contributed by atoms with E-state index in [1.54, 1.807) is 0 Å². The van der Waals surface area contributed by atoms with Crippen LogP contribution in [-0.2, 0) is 15.7 Å². The van der Waals surface area contributed by atoms with E-state index in [9.17, 15) is 0 Å². The van der Waals surface area contributed by atoms with Crippen molar-refractivity contribution in [2.45, 2.75) is 41.5 Å². The fourth-order valence-electron chi connectivity index (χ4n) is 3.85. The van der Waals surface area contributed by atoms with Crippen molar-refractivity contribution in [2.75, 3.05) is 0 Å². The van der Waals surface area contributed by atoms with Gasteiger partial charge in [-0.3, -0.25) is 0 Å². The zero-order valence-electron chi connectivity index (χ0n) is 15.6. The molecule has 0 aliphatic heterocycles. The van der Waals surface area contributed by atoms with Gasteiger partial charge in [0.25, 0.3) is 0 Å². The van der Waals surface area contributed by atoms with Crippen molar-refractivity contribution in [3.63, 3.8) is 0 Å². The Labute approximate surface area is 161 Å². The van der Waals surface area contributed by atoms with Crippen molar-refractivity contribution in [2.24, 2.45) is 0 Å². The van der Waals surface area contributed by atoms with Gasteiger partial charge in [-0.1, -0.05) is 0 Å². The van der Waals surface area contributed by atoms with Crippen LogP contribution in [0.5, 0.6) is 0 Å². The molecule has 0 N–H and O–H groups in total. The number of rotatable bonds is 2. The maximum atomic E-state index is 6.48. The number of nitrogens with zero attached hydrogens (tertiary/aromatic N) is 2. The summed E-state index contributed by atoms with van der Waals surface area (Å²) >= 11 is -0.229. The molecule has 0 fully saturated rings. The molecule has 0 saturated heterocycles. The fraction of sp³-hybridized carbons (Fsp3) is 0.286. The molecule has 0 unspecified atom stereocenters. The Kier molecular flexibility index (Phi) is 5.18. The normalized spacial score (nSPS) is 11.3. The molecule has 0 amide bonds. The minimum atomic E-state index is -0.229. The van der Waals surface area contributed by atoms with Crippen molar-refractivity contribution in [3.8, 4) is 11.4 Å².